The first kappa shape index (κ1) is 70.7. The number of rotatable bonds is 10. The Morgan fingerprint density at radius 1 is 0.214 bits per heavy atom. The molecule has 0 fully saturated rings. The molecule has 5 nitrogen and oxygen atoms in total. The van der Waals surface area contributed by atoms with Crippen molar-refractivity contribution in [2.24, 2.45) is 28.7 Å². The van der Waals surface area contributed by atoms with E-state index in [9.17, 15) is 35.1 Å². The Balaban J connectivity index is 0.000000124. The van der Waals surface area contributed by atoms with Crippen LogP contribution < -0.4 is 28.7 Å². The van der Waals surface area contributed by atoms with E-state index in [0.717, 1.165) is 130 Å². The van der Waals surface area contributed by atoms with Crippen LogP contribution in [0, 0.1) is 46.5 Å². The number of hydrogen-bond acceptors (Lipinski definition) is 5. The molecule has 0 aliphatic heterocycles. The Morgan fingerprint density at radius 3 is 0.704 bits per heavy atom. The van der Waals surface area contributed by atoms with E-state index in [1.807, 2.05) is 48.5 Å². The van der Waals surface area contributed by atoms with Crippen molar-refractivity contribution in [3.8, 4) is 0 Å². The van der Waals surface area contributed by atoms with Gasteiger partial charge in [-0.2, -0.15) is 0 Å². The van der Waals surface area contributed by atoms with E-state index < -0.39 is 0 Å². The van der Waals surface area contributed by atoms with Gasteiger partial charge < -0.3 is 28.7 Å². The van der Waals surface area contributed by atoms with Crippen LogP contribution in [0.15, 0.2) is 194 Å². The van der Waals surface area contributed by atoms with Gasteiger partial charge in [0.2, 0.25) is 0 Å². The van der Waals surface area contributed by atoms with Gasteiger partial charge >= 0.3 is 0 Å². The molecule has 10 aromatic carbocycles. The number of benzene rings is 10. The molecular weight excluding hydrogens is 1240 g/mol. The lowest BCUT2D eigenvalue weighted by molar-refractivity contribution is 0.596. The third-order valence-corrected chi connectivity index (χ3v) is 20.4. The van der Waals surface area contributed by atoms with Gasteiger partial charge in [-0.1, -0.05) is 121 Å². The Morgan fingerprint density at radius 2 is 0.418 bits per heavy atom. The molecule has 10 aromatic rings. The summed E-state index contributed by atoms with van der Waals surface area (Å²) in [7, 11) is 0. The first-order valence-electron chi connectivity index (χ1n) is 34.6. The zero-order chi connectivity index (χ0) is 68.8. The monoisotopic (exact) mass is 1330 g/mol. The van der Waals surface area contributed by atoms with Crippen molar-refractivity contribution in [2.75, 3.05) is 32.7 Å². The molecule has 0 spiro atoms. The van der Waals surface area contributed by atoms with Crippen molar-refractivity contribution in [3.63, 3.8) is 0 Å². The predicted octanol–water partition coefficient (Wildman–Crippen LogP) is 17.4. The smallest absolute Gasteiger partial charge is 0.126 e. The largest absolute Gasteiger partial charge is 0.330 e. The maximum Gasteiger partial charge on any atom is 0.126 e. The highest BCUT2D eigenvalue weighted by Gasteiger charge is 2.30. The van der Waals surface area contributed by atoms with Gasteiger partial charge in [0.25, 0.3) is 0 Å². The van der Waals surface area contributed by atoms with Gasteiger partial charge in [0.1, 0.15) is 46.5 Å². The SMILES string of the molecule is NCCC1c2cc(F)ccc2CCc2c(F)cccc21.NCCC1c2cc(F)ccc2CCc2ccc(F)cc21.NCCC1c2cccc(F)c2CCc2c(F)cccc21.NCCC1c2ccccc2CCc2c(F)cccc21.NCCC1c2ccccc2CCc2ccc(F)cc21. The average Bonchev–Trinajstić information content (AvgIpc) is 1.64. The number of hydrogen-bond donors (Lipinski definition) is 5. The fourth-order valence-corrected chi connectivity index (χ4v) is 15.9. The maximum absolute atomic E-state index is 14.1. The van der Waals surface area contributed by atoms with Gasteiger partial charge in [0.05, 0.1) is 0 Å². The first-order chi connectivity index (χ1) is 47.7. The summed E-state index contributed by atoms with van der Waals surface area (Å²) in [5.41, 5.74) is 49.7. The lowest BCUT2D eigenvalue weighted by Crippen LogP contribution is -2.11. The van der Waals surface area contributed by atoms with Crippen LogP contribution >= 0.6 is 0 Å². The topological polar surface area (TPSA) is 130 Å². The molecule has 0 radical (unpaired) electrons. The van der Waals surface area contributed by atoms with Crippen LogP contribution in [0.3, 0.4) is 0 Å². The molecule has 0 saturated carbocycles. The van der Waals surface area contributed by atoms with Crippen LogP contribution in [0.4, 0.5) is 35.1 Å². The Kier molecular flexibility index (Phi) is 24.1. The molecule has 0 bridgehead atoms. The van der Waals surface area contributed by atoms with Crippen molar-refractivity contribution < 1.29 is 35.1 Å². The van der Waals surface area contributed by atoms with E-state index >= 15 is 0 Å². The molecule has 10 N–H and O–H groups in total. The van der Waals surface area contributed by atoms with Crippen molar-refractivity contribution in [1.82, 2.24) is 0 Å². The first-order valence-corrected chi connectivity index (χ1v) is 34.6. The van der Waals surface area contributed by atoms with Crippen LogP contribution in [0.1, 0.15) is 173 Å². The third kappa shape index (κ3) is 16.1. The van der Waals surface area contributed by atoms with E-state index in [1.54, 1.807) is 54.6 Å². The molecule has 98 heavy (non-hydrogen) atoms. The zero-order valence-corrected chi connectivity index (χ0v) is 55.4. The van der Waals surface area contributed by atoms with Crippen molar-refractivity contribution in [1.29, 1.82) is 0 Å². The summed E-state index contributed by atoms with van der Waals surface area (Å²) in [5, 5.41) is 0. The molecule has 0 saturated heterocycles. The summed E-state index contributed by atoms with van der Waals surface area (Å²) in [6.45, 7) is 2.73. The second kappa shape index (κ2) is 33.3. The van der Waals surface area contributed by atoms with Crippen LogP contribution in [0.5, 0.6) is 0 Å². The minimum Gasteiger partial charge on any atom is -0.330 e. The number of halogens is 8. The highest BCUT2D eigenvalue weighted by molar-refractivity contribution is 5.51. The van der Waals surface area contributed by atoms with Crippen molar-refractivity contribution in [3.05, 3.63) is 352 Å². The number of fused-ring (bicyclic) bond motifs is 10. The highest BCUT2D eigenvalue weighted by atomic mass is 19.2. The minimum atomic E-state index is -0.245. The molecule has 3 unspecified atom stereocenters. The summed E-state index contributed by atoms with van der Waals surface area (Å²) >= 11 is 0. The van der Waals surface area contributed by atoms with Crippen molar-refractivity contribution >= 4 is 0 Å². The van der Waals surface area contributed by atoms with E-state index in [-0.39, 0.29) is 76.1 Å². The van der Waals surface area contributed by atoms with Crippen molar-refractivity contribution in [2.45, 2.75) is 126 Å². The molecule has 3 atom stereocenters. The molecule has 5 aliphatic rings. The molecule has 0 heterocycles. The minimum absolute atomic E-state index is 0.0149. The lowest BCUT2D eigenvalue weighted by Gasteiger charge is -2.20. The van der Waals surface area contributed by atoms with Crippen LogP contribution in [0.2, 0.25) is 0 Å². The molecule has 5 aliphatic carbocycles. The standard InChI is InChI=1S/3C17H17F2N.2C17H18FN/c18-16-5-1-3-11-13(9-10-20)12-4-2-6-17(19)15(12)8-7-14(11)16;18-13-5-3-11-1-2-12-4-6-14(19)10-17(12)15(7-8-20)16(11)9-13;18-12-6-4-11-5-7-15-13(2-1-3-17(15)19)14(8-9-20)16(11)10-12;18-17-7-3-6-14-15(10-11-19)13-5-2-1-4-12(13)8-9-16(14)17;18-14-8-7-13-6-5-12-3-1-2-4-15(12)16(9-10-19)17(13)11-14/h1-6,13H,7-10,20H2;3-6,9-10,15H,1-2,7-8,20H2;1-4,6,10,14H,5,7-9,20H2;1-7,15H,8-11,19H2;1-4,7-8,11,16H,5-6,9-10,19H2. The van der Waals surface area contributed by atoms with Gasteiger partial charge in [-0.25, -0.2) is 35.1 Å². The summed E-state index contributed by atoms with van der Waals surface area (Å²) in [6, 6.07) is 57.7. The number of nitrogens with two attached hydrogens (primary N) is 5. The van der Waals surface area contributed by atoms with E-state index in [2.05, 4.69) is 54.6 Å². The normalized spacial score (nSPS) is 16.2. The second-order valence-corrected chi connectivity index (χ2v) is 26.2. The van der Waals surface area contributed by atoms with Gasteiger partial charge in [-0.3, -0.25) is 0 Å². The fraction of sp³-hybridized carbons (Fsp3) is 0.294. The van der Waals surface area contributed by atoms with E-state index in [4.69, 9.17) is 28.7 Å². The van der Waals surface area contributed by atoms with Gasteiger partial charge in [-0.15, -0.1) is 0 Å². The van der Waals surface area contributed by atoms with E-state index in [1.165, 1.54) is 64.2 Å². The summed E-state index contributed by atoms with van der Waals surface area (Å²) in [5.74, 6) is -1.11. The summed E-state index contributed by atoms with van der Waals surface area (Å²) < 4.78 is 111. The Labute approximate surface area is 571 Å². The predicted molar refractivity (Wildman–Crippen MR) is 379 cm³/mol. The summed E-state index contributed by atoms with van der Waals surface area (Å²) in [6.07, 6.45) is 11.7. The quantitative estimate of drug-likeness (QED) is 0.0871. The van der Waals surface area contributed by atoms with Gasteiger partial charge in [-0.05, 0) is 313 Å². The van der Waals surface area contributed by atoms with Gasteiger partial charge in [0.15, 0.2) is 0 Å². The summed E-state index contributed by atoms with van der Waals surface area (Å²) in [4.78, 5) is 0. The number of aryl methyl sites for hydroxylation is 6. The Hall–Kier alpha value is -8.56. The molecule has 15 rings (SSSR count). The molecule has 0 amide bonds. The third-order valence-electron chi connectivity index (χ3n) is 20.4. The van der Waals surface area contributed by atoms with Gasteiger partial charge in [0, 0.05) is 29.6 Å². The van der Waals surface area contributed by atoms with Crippen LogP contribution in [0.25, 0.3) is 0 Å². The Bertz CT molecular complexity index is 4200. The highest BCUT2D eigenvalue weighted by Crippen LogP contribution is 2.43. The zero-order valence-electron chi connectivity index (χ0n) is 55.4. The van der Waals surface area contributed by atoms with Crippen LogP contribution in [-0.4, -0.2) is 32.7 Å². The molecule has 508 valence electrons. The lowest BCUT2D eigenvalue weighted by atomic mass is 9.85. The molecule has 0 aromatic heterocycles. The van der Waals surface area contributed by atoms with Crippen LogP contribution in [-0.2, 0) is 64.2 Å². The molecular formula is C85H87F8N5. The maximum atomic E-state index is 14.1. The van der Waals surface area contributed by atoms with E-state index in [0.29, 0.717) is 82.4 Å². The fourth-order valence-electron chi connectivity index (χ4n) is 15.9. The second-order valence-electron chi connectivity index (χ2n) is 26.2. The molecule has 13 heteroatoms. The average molecular weight is 1330 g/mol.